The molecular weight excluding hydrogens is 230 g/mol. The molecule has 0 saturated carbocycles. The van der Waals surface area contributed by atoms with Crippen molar-refractivity contribution < 1.29 is 9.53 Å². The highest BCUT2D eigenvalue weighted by Gasteiger charge is 2.14. The van der Waals surface area contributed by atoms with E-state index in [2.05, 4.69) is 20.0 Å². The lowest BCUT2D eigenvalue weighted by molar-refractivity contribution is -0.140. The number of rotatable bonds is 4. The maximum Gasteiger partial charge on any atom is 0.307 e. The van der Waals surface area contributed by atoms with Gasteiger partial charge in [0, 0.05) is 17.8 Å². The van der Waals surface area contributed by atoms with Gasteiger partial charge in [0.15, 0.2) is 0 Å². The molecule has 18 heavy (non-hydrogen) atoms. The van der Waals surface area contributed by atoms with Crippen LogP contribution < -0.4 is 5.32 Å². The highest BCUT2D eigenvalue weighted by atomic mass is 16.5. The summed E-state index contributed by atoms with van der Waals surface area (Å²) < 4.78 is 4.61. The van der Waals surface area contributed by atoms with E-state index >= 15 is 0 Å². The number of esters is 1. The fourth-order valence-corrected chi connectivity index (χ4v) is 2.24. The van der Waals surface area contributed by atoms with E-state index in [1.807, 2.05) is 0 Å². The molecule has 0 atom stereocenters. The van der Waals surface area contributed by atoms with Gasteiger partial charge in [-0.3, -0.25) is 4.79 Å². The third-order valence-electron chi connectivity index (χ3n) is 3.22. The van der Waals surface area contributed by atoms with Crippen LogP contribution >= 0.6 is 0 Å². The van der Waals surface area contributed by atoms with Crippen molar-refractivity contribution in [3.8, 4) is 0 Å². The van der Waals surface area contributed by atoms with Gasteiger partial charge >= 0.3 is 5.97 Å². The van der Waals surface area contributed by atoms with Crippen molar-refractivity contribution in [2.45, 2.75) is 38.5 Å². The number of fused-ring (bicyclic) bond motifs is 1. The number of anilines is 1. The van der Waals surface area contributed by atoms with Gasteiger partial charge in [-0.1, -0.05) is 6.42 Å². The van der Waals surface area contributed by atoms with Crippen molar-refractivity contribution in [3.05, 3.63) is 17.6 Å². The zero-order chi connectivity index (χ0) is 12.8. The molecule has 0 amide bonds. The molecule has 0 saturated heterocycles. The van der Waals surface area contributed by atoms with Crippen LogP contribution in [0.25, 0.3) is 0 Å². The van der Waals surface area contributed by atoms with E-state index in [0.717, 1.165) is 24.4 Å². The van der Waals surface area contributed by atoms with E-state index in [0.29, 0.717) is 13.0 Å². The van der Waals surface area contributed by atoms with Crippen LogP contribution in [0, 0.1) is 0 Å². The average molecular weight is 249 g/mol. The number of hydrogen-bond donors (Lipinski definition) is 1. The molecule has 1 aliphatic carbocycles. The van der Waals surface area contributed by atoms with E-state index in [-0.39, 0.29) is 5.97 Å². The Morgan fingerprint density at radius 3 is 3.00 bits per heavy atom. The van der Waals surface area contributed by atoms with Crippen LogP contribution in [0.15, 0.2) is 6.33 Å². The second-order valence-electron chi connectivity index (χ2n) is 4.46. The second-order valence-corrected chi connectivity index (χ2v) is 4.46. The first-order valence-corrected chi connectivity index (χ1v) is 6.44. The van der Waals surface area contributed by atoms with Crippen molar-refractivity contribution >= 4 is 11.8 Å². The number of aromatic nitrogens is 2. The number of carbonyl (C=O) groups is 1. The molecule has 0 unspecified atom stereocenters. The lowest BCUT2D eigenvalue weighted by Gasteiger charge is -2.11. The van der Waals surface area contributed by atoms with E-state index in [9.17, 15) is 4.79 Å². The summed E-state index contributed by atoms with van der Waals surface area (Å²) >= 11 is 0. The van der Waals surface area contributed by atoms with E-state index < -0.39 is 0 Å². The van der Waals surface area contributed by atoms with E-state index in [4.69, 9.17) is 0 Å². The molecule has 0 spiro atoms. The van der Waals surface area contributed by atoms with Crippen LogP contribution in [-0.4, -0.2) is 29.6 Å². The summed E-state index contributed by atoms with van der Waals surface area (Å²) in [4.78, 5) is 19.7. The number of carbonyl (C=O) groups excluding carboxylic acids is 1. The molecule has 5 heteroatoms. The van der Waals surface area contributed by atoms with Gasteiger partial charge in [0.05, 0.1) is 13.5 Å². The molecule has 1 aliphatic rings. The minimum absolute atomic E-state index is 0.206. The Morgan fingerprint density at radius 1 is 1.33 bits per heavy atom. The molecular formula is C13H19N3O2. The number of aryl methyl sites for hydroxylation is 1. The van der Waals surface area contributed by atoms with Crippen LogP contribution in [0.4, 0.5) is 5.82 Å². The zero-order valence-electron chi connectivity index (χ0n) is 10.7. The van der Waals surface area contributed by atoms with E-state index in [1.54, 1.807) is 6.33 Å². The van der Waals surface area contributed by atoms with Gasteiger partial charge in [0.2, 0.25) is 0 Å². The quantitative estimate of drug-likeness (QED) is 0.650. The van der Waals surface area contributed by atoms with Crippen LogP contribution in [0.5, 0.6) is 0 Å². The van der Waals surface area contributed by atoms with Gasteiger partial charge < -0.3 is 10.1 Å². The Balaban J connectivity index is 2.02. The molecule has 5 nitrogen and oxygen atoms in total. The van der Waals surface area contributed by atoms with Gasteiger partial charge in [-0.2, -0.15) is 0 Å². The summed E-state index contributed by atoms with van der Waals surface area (Å²) in [5.74, 6) is 0.674. The summed E-state index contributed by atoms with van der Waals surface area (Å²) in [5.41, 5.74) is 2.38. The highest BCUT2D eigenvalue weighted by Crippen LogP contribution is 2.23. The molecule has 1 heterocycles. The molecule has 1 N–H and O–H groups in total. The van der Waals surface area contributed by atoms with E-state index in [1.165, 1.54) is 31.9 Å². The maximum absolute atomic E-state index is 11.1. The second kappa shape index (κ2) is 6.33. The molecule has 1 aromatic heterocycles. The van der Waals surface area contributed by atoms with Crippen LogP contribution in [0.2, 0.25) is 0 Å². The standard InChI is InChI=1S/C13H19N3O2/c1-18-12(17)7-8-14-13-10-5-3-2-4-6-11(10)15-9-16-13/h9H,2-8H2,1H3,(H,14,15,16). The van der Waals surface area contributed by atoms with Crippen LogP contribution in [-0.2, 0) is 22.4 Å². The third-order valence-corrected chi connectivity index (χ3v) is 3.22. The predicted octanol–water partition coefficient (Wildman–Crippen LogP) is 1.72. The van der Waals surface area contributed by atoms with Gasteiger partial charge in [-0.15, -0.1) is 0 Å². The lowest BCUT2D eigenvalue weighted by atomic mass is 10.1. The number of methoxy groups -OCH3 is 1. The first kappa shape index (κ1) is 12.8. The van der Waals surface area contributed by atoms with Crippen molar-refractivity contribution in [1.29, 1.82) is 0 Å². The molecule has 2 rings (SSSR count). The smallest absolute Gasteiger partial charge is 0.307 e. The average Bonchev–Trinajstić information content (AvgIpc) is 2.64. The minimum Gasteiger partial charge on any atom is -0.469 e. The largest absolute Gasteiger partial charge is 0.469 e. The zero-order valence-corrected chi connectivity index (χ0v) is 10.7. The molecule has 98 valence electrons. The molecule has 0 radical (unpaired) electrons. The maximum atomic E-state index is 11.1. The first-order chi connectivity index (χ1) is 8.81. The summed E-state index contributed by atoms with van der Waals surface area (Å²) in [6.07, 6.45) is 7.65. The van der Waals surface area contributed by atoms with Gasteiger partial charge in [0.25, 0.3) is 0 Å². The fraction of sp³-hybridized carbons (Fsp3) is 0.615. The number of ether oxygens (including phenoxy) is 1. The normalized spacial score (nSPS) is 14.5. The SMILES string of the molecule is COC(=O)CCNc1ncnc2c1CCCCC2. The fourth-order valence-electron chi connectivity index (χ4n) is 2.24. The highest BCUT2D eigenvalue weighted by molar-refractivity contribution is 5.69. The third kappa shape index (κ3) is 3.18. The summed E-state index contributed by atoms with van der Waals surface area (Å²) in [6.45, 7) is 0.552. The topological polar surface area (TPSA) is 64.1 Å². The Kier molecular flexibility index (Phi) is 4.50. The number of nitrogens with one attached hydrogen (secondary N) is 1. The Hall–Kier alpha value is -1.65. The predicted molar refractivity (Wildman–Crippen MR) is 68.4 cm³/mol. The van der Waals surface area contributed by atoms with Crippen molar-refractivity contribution in [2.24, 2.45) is 0 Å². The molecule has 0 aromatic carbocycles. The molecule has 0 fully saturated rings. The van der Waals surface area contributed by atoms with Crippen molar-refractivity contribution in [3.63, 3.8) is 0 Å². The number of nitrogens with zero attached hydrogens (tertiary/aromatic N) is 2. The molecule has 0 aliphatic heterocycles. The first-order valence-electron chi connectivity index (χ1n) is 6.44. The Bertz CT molecular complexity index is 421. The van der Waals surface area contributed by atoms with Crippen molar-refractivity contribution in [1.82, 2.24) is 9.97 Å². The Morgan fingerprint density at radius 2 is 2.17 bits per heavy atom. The minimum atomic E-state index is -0.206. The molecule has 0 bridgehead atoms. The van der Waals surface area contributed by atoms with Gasteiger partial charge in [-0.05, 0) is 25.7 Å². The number of hydrogen-bond acceptors (Lipinski definition) is 5. The summed E-state index contributed by atoms with van der Waals surface area (Å²) in [5, 5.41) is 3.21. The van der Waals surface area contributed by atoms with Gasteiger partial charge in [0.1, 0.15) is 12.1 Å². The summed E-state index contributed by atoms with van der Waals surface area (Å²) in [6, 6.07) is 0. The Labute approximate surface area is 107 Å². The monoisotopic (exact) mass is 249 g/mol. The summed E-state index contributed by atoms with van der Waals surface area (Å²) in [7, 11) is 1.40. The van der Waals surface area contributed by atoms with Crippen LogP contribution in [0.1, 0.15) is 36.9 Å². The van der Waals surface area contributed by atoms with Crippen molar-refractivity contribution in [2.75, 3.05) is 19.0 Å². The van der Waals surface area contributed by atoms with Crippen LogP contribution in [0.3, 0.4) is 0 Å². The lowest BCUT2D eigenvalue weighted by Crippen LogP contribution is -2.13. The van der Waals surface area contributed by atoms with Gasteiger partial charge in [-0.25, -0.2) is 9.97 Å². The molecule has 1 aromatic rings.